The molecule has 158 valence electrons. The average Bonchev–Trinajstić information content (AvgIpc) is 3.24. The normalized spacial score (nSPS) is 11.8. The number of pyridine rings is 1. The van der Waals surface area contributed by atoms with Crippen LogP contribution in [-0.4, -0.2) is 29.4 Å². The molecule has 1 aliphatic rings. The van der Waals surface area contributed by atoms with E-state index < -0.39 is 5.97 Å². The second kappa shape index (κ2) is 9.72. The van der Waals surface area contributed by atoms with Crippen LogP contribution in [0.25, 0.3) is 0 Å². The van der Waals surface area contributed by atoms with Crippen molar-refractivity contribution in [3.63, 3.8) is 0 Å². The molecule has 2 aromatic carbocycles. The van der Waals surface area contributed by atoms with Gasteiger partial charge in [0.25, 0.3) is 0 Å². The number of anilines is 1. The first-order chi connectivity index (χ1) is 15.1. The highest BCUT2D eigenvalue weighted by atomic mass is 35.5. The fourth-order valence-electron chi connectivity index (χ4n) is 2.82. The molecule has 1 N–H and O–H groups in total. The van der Waals surface area contributed by atoms with E-state index in [1.807, 2.05) is 6.07 Å². The van der Waals surface area contributed by atoms with Crippen molar-refractivity contribution in [2.24, 2.45) is 0 Å². The van der Waals surface area contributed by atoms with E-state index in [1.165, 1.54) is 0 Å². The number of hydrogen-bond acceptors (Lipinski definition) is 7. The van der Waals surface area contributed by atoms with Gasteiger partial charge in [0.1, 0.15) is 11.6 Å². The number of carbonyl (C=O) groups excluding carboxylic acids is 2. The number of amides is 1. The van der Waals surface area contributed by atoms with E-state index in [4.69, 9.17) is 25.8 Å². The second-order valence-electron chi connectivity index (χ2n) is 6.47. The monoisotopic (exact) mass is 456 g/mol. The predicted molar refractivity (Wildman–Crippen MR) is 117 cm³/mol. The lowest BCUT2D eigenvalue weighted by Crippen LogP contribution is -2.15. The Morgan fingerprint density at radius 1 is 1.10 bits per heavy atom. The van der Waals surface area contributed by atoms with E-state index in [0.29, 0.717) is 32.8 Å². The number of thioether (sulfide) groups is 1. The molecule has 0 fully saturated rings. The molecule has 31 heavy (non-hydrogen) atoms. The van der Waals surface area contributed by atoms with Crippen molar-refractivity contribution < 1.29 is 23.8 Å². The largest absolute Gasteiger partial charge is 0.457 e. The zero-order chi connectivity index (χ0) is 21.6. The molecule has 4 rings (SSSR count). The number of nitrogens with zero attached hydrogens (tertiary/aromatic N) is 1. The number of aromatic nitrogens is 1. The van der Waals surface area contributed by atoms with Crippen LogP contribution in [0.4, 0.5) is 5.69 Å². The minimum absolute atomic E-state index is 0.0695. The molecule has 3 aromatic rings. The lowest BCUT2D eigenvalue weighted by atomic mass is 10.2. The van der Waals surface area contributed by atoms with E-state index in [-0.39, 0.29) is 25.1 Å². The highest BCUT2D eigenvalue weighted by Crippen LogP contribution is 2.34. The predicted octanol–water partition coefficient (Wildman–Crippen LogP) is 4.55. The minimum atomic E-state index is -0.522. The van der Waals surface area contributed by atoms with Crippen molar-refractivity contribution in [3.8, 4) is 11.5 Å². The molecule has 0 atom stereocenters. The van der Waals surface area contributed by atoms with Crippen LogP contribution in [0.1, 0.15) is 15.9 Å². The summed E-state index contributed by atoms with van der Waals surface area (Å²) in [5.74, 6) is 0.529. The summed E-state index contributed by atoms with van der Waals surface area (Å²) in [4.78, 5) is 29.1. The van der Waals surface area contributed by atoms with Gasteiger partial charge in [-0.05, 0) is 42.0 Å². The van der Waals surface area contributed by atoms with Crippen molar-refractivity contribution in [2.45, 2.75) is 11.6 Å². The molecule has 1 aromatic heterocycles. The summed E-state index contributed by atoms with van der Waals surface area (Å²) in [5, 5.41) is 3.78. The standard InChI is InChI=1S/C22H17ClN2O5S/c23-15-4-1-3-14(9-15)11-28-22(27)17-5-2-8-24-21(17)31-12-20(26)25-16-6-7-18-19(10-16)30-13-29-18/h1-10H,11-13H2,(H,25,26). The number of rotatable bonds is 7. The van der Waals surface area contributed by atoms with Crippen LogP contribution in [0.15, 0.2) is 65.8 Å². The summed E-state index contributed by atoms with van der Waals surface area (Å²) in [5.41, 5.74) is 1.67. The SMILES string of the molecule is O=C(CSc1ncccc1C(=O)OCc1cccc(Cl)c1)Nc1ccc2c(c1)OCO2. The third kappa shape index (κ3) is 5.48. The number of benzene rings is 2. The van der Waals surface area contributed by atoms with Crippen molar-refractivity contribution in [3.05, 3.63) is 76.9 Å². The third-order valence-electron chi connectivity index (χ3n) is 4.25. The van der Waals surface area contributed by atoms with Crippen LogP contribution in [0.3, 0.4) is 0 Å². The topological polar surface area (TPSA) is 86.8 Å². The summed E-state index contributed by atoms with van der Waals surface area (Å²) in [6.07, 6.45) is 1.56. The molecule has 0 bridgehead atoms. The quantitative estimate of drug-likeness (QED) is 0.412. The molecule has 7 nitrogen and oxygen atoms in total. The Balaban J connectivity index is 1.34. The molecule has 1 amide bonds. The molecule has 1 aliphatic heterocycles. The molecule has 0 aliphatic carbocycles. The van der Waals surface area contributed by atoms with Crippen molar-refractivity contribution in [1.82, 2.24) is 4.98 Å². The zero-order valence-electron chi connectivity index (χ0n) is 16.2. The number of fused-ring (bicyclic) bond motifs is 1. The highest BCUT2D eigenvalue weighted by Gasteiger charge is 2.17. The van der Waals surface area contributed by atoms with Crippen LogP contribution in [0, 0.1) is 0 Å². The number of carbonyl (C=O) groups is 2. The molecule has 0 radical (unpaired) electrons. The Morgan fingerprint density at radius 2 is 1.97 bits per heavy atom. The van der Waals surface area contributed by atoms with Gasteiger partial charge in [0.15, 0.2) is 11.5 Å². The minimum Gasteiger partial charge on any atom is -0.457 e. The van der Waals surface area contributed by atoms with E-state index >= 15 is 0 Å². The smallest absolute Gasteiger partial charge is 0.341 e. The van der Waals surface area contributed by atoms with Gasteiger partial charge in [-0.3, -0.25) is 4.79 Å². The third-order valence-corrected chi connectivity index (χ3v) is 5.49. The Labute approximate surface area is 187 Å². The maximum Gasteiger partial charge on any atom is 0.341 e. The molecule has 9 heteroatoms. The summed E-state index contributed by atoms with van der Waals surface area (Å²) in [6, 6.07) is 15.5. The second-order valence-corrected chi connectivity index (χ2v) is 7.87. The number of hydrogen-bond donors (Lipinski definition) is 1. The van der Waals surface area contributed by atoms with Gasteiger partial charge in [-0.25, -0.2) is 9.78 Å². The summed E-state index contributed by atoms with van der Waals surface area (Å²) in [7, 11) is 0. The van der Waals surface area contributed by atoms with Gasteiger partial charge in [0.05, 0.1) is 11.3 Å². The van der Waals surface area contributed by atoms with Crippen molar-refractivity contribution >= 4 is 40.9 Å². The Bertz CT molecular complexity index is 1120. The molecular formula is C22H17ClN2O5S. The Kier molecular flexibility index (Phi) is 6.59. The molecular weight excluding hydrogens is 440 g/mol. The maximum absolute atomic E-state index is 12.5. The van der Waals surface area contributed by atoms with Crippen LogP contribution >= 0.6 is 23.4 Å². The highest BCUT2D eigenvalue weighted by molar-refractivity contribution is 8.00. The Hall–Kier alpha value is -3.23. The summed E-state index contributed by atoms with van der Waals surface area (Å²) >= 11 is 7.11. The van der Waals surface area contributed by atoms with Crippen molar-refractivity contribution in [1.29, 1.82) is 0 Å². The fraction of sp³-hybridized carbons (Fsp3) is 0.136. The molecule has 0 saturated heterocycles. The number of ether oxygens (including phenoxy) is 3. The molecule has 0 spiro atoms. The van der Waals surface area contributed by atoms with Gasteiger partial charge in [0.2, 0.25) is 12.7 Å². The number of nitrogens with one attached hydrogen (secondary N) is 1. The number of esters is 1. The van der Waals surface area contributed by atoms with E-state index in [1.54, 1.807) is 54.7 Å². The zero-order valence-corrected chi connectivity index (χ0v) is 17.7. The summed E-state index contributed by atoms with van der Waals surface area (Å²) < 4.78 is 15.9. The molecule has 2 heterocycles. The van der Waals surface area contributed by atoms with E-state index in [9.17, 15) is 9.59 Å². The van der Waals surface area contributed by atoms with Gasteiger partial charge < -0.3 is 19.5 Å². The van der Waals surface area contributed by atoms with Gasteiger partial charge >= 0.3 is 5.97 Å². The van der Waals surface area contributed by atoms with Crippen LogP contribution in [0.5, 0.6) is 11.5 Å². The van der Waals surface area contributed by atoms with Gasteiger partial charge in [0, 0.05) is 23.0 Å². The lowest BCUT2D eigenvalue weighted by molar-refractivity contribution is -0.113. The van der Waals surface area contributed by atoms with Crippen LogP contribution in [-0.2, 0) is 16.1 Å². The Morgan fingerprint density at radius 3 is 2.84 bits per heavy atom. The van der Waals surface area contributed by atoms with Gasteiger partial charge in [-0.1, -0.05) is 35.5 Å². The molecule has 0 unspecified atom stereocenters. The van der Waals surface area contributed by atoms with E-state index in [0.717, 1.165) is 17.3 Å². The number of halogens is 1. The van der Waals surface area contributed by atoms with Gasteiger partial charge in [-0.2, -0.15) is 0 Å². The summed E-state index contributed by atoms with van der Waals surface area (Å²) in [6.45, 7) is 0.251. The fourth-order valence-corrected chi connectivity index (χ4v) is 3.81. The van der Waals surface area contributed by atoms with Crippen LogP contribution < -0.4 is 14.8 Å². The van der Waals surface area contributed by atoms with E-state index in [2.05, 4.69) is 10.3 Å². The first-order valence-electron chi connectivity index (χ1n) is 9.27. The van der Waals surface area contributed by atoms with Gasteiger partial charge in [-0.15, -0.1) is 0 Å². The first kappa shape index (κ1) is 21.0. The maximum atomic E-state index is 12.5. The first-order valence-corrected chi connectivity index (χ1v) is 10.6. The van der Waals surface area contributed by atoms with Crippen LogP contribution in [0.2, 0.25) is 5.02 Å². The average molecular weight is 457 g/mol. The van der Waals surface area contributed by atoms with Crippen molar-refractivity contribution in [2.75, 3.05) is 17.9 Å². The lowest BCUT2D eigenvalue weighted by Gasteiger charge is -2.09. The molecule has 0 saturated carbocycles.